The Balaban J connectivity index is 3.71. The molecule has 2 unspecified atom stereocenters. The summed E-state index contributed by atoms with van der Waals surface area (Å²) < 4.78 is 67.7. The number of methoxy groups -OCH3 is 1. The number of nitrogens with two attached hydrogens (primary N) is 1. The molecule has 0 amide bonds. The molecule has 0 saturated carbocycles. The maximum atomic E-state index is 11.3. The molecule has 1 aliphatic carbocycles. The summed E-state index contributed by atoms with van der Waals surface area (Å²) in [4.78, 5) is -5.64. The molecule has 0 bridgehead atoms. The molecule has 0 fully saturated rings. The minimum Gasteiger partial charge on any atom is -0.354 e. The zero-order chi connectivity index (χ0) is 13.5. The van der Waals surface area contributed by atoms with Crippen molar-refractivity contribution in [1.29, 1.82) is 0 Å². The first-order chi connectivity index (χ1) is 7.52. The van der Waals surface area contributed by atoms with E-state index in [2.05, 4.69) is 4.74 Å². The van der Waals surface area contributed by atoms with Gasteiger partial charge < -0.3 is 10.5 Å². The van der Waals surface area contributed by atoms with Gasteiger partial charge >= 0.3 is 10.1 Å². The summed E-state index contributed by atoms with van der Waals surface area (Å²) >= 11 is 0. The van der Waals surface area contributed by atoms with Crippen LogP contribution in [0.1, 0.15) is 0 Å². The van der Waals surface area contributed by atoms with Crippen molar-refractivity contribution in [2.24, 2.45) is 5.73 Å². The van der Waals surface area contributed by atoms with E-state index in [-0.39, 0.29) is 0 Å². The van der Waals surface area contributed by atoms with E-state index in [1.807, 2.05) is 0 Å². The summed E-state index contributed by atoms with van der Waals surface area (Å²) in [5.74, 6) is 0. The predicted octanol–water partition coefficient (Wildman–Crippen LogP) is -1.11. The largest absolute Gasteiger partial charge is 0.354 e. The van der Waals surface area contributed by atoms with Gasteiger partial charge in [0.2, 0.25) is 4.87 Å². The molecular formula is C7H11NO7S2. The van der Waals surface area contributed by atoms with Crippen molar-refractivity contribution in [3.63, 3.8) is 0 Å². The molecule has 1 rings (SSSR count). The van der Waals surface area contributed by atoms with Crippen molar-refractivity contribution in [1.82, 2.24) is 0 Å². The van der Waals surface area contributed by atoms with Crippen LogP contribution in [0.2, 0.25) is 0 Å². The molecule has 0 aromatic carbocycles. The van der Waals surface area contributed by atoms with Gasteiger partial charge in [0, 0.05) is 7.11 Å². The highest BCUT2D eigenvalue weighted by molar-refractivity contribution is 7.91. The molecule has 1 aliphatic rings. The van der Waals surface area contributed by atoms with E-state index in [1.54, 1.807) is 0 Å². The van der Waals surface area contributed by atoms with Crippen LogP contribution in [-0.4, -0.2) is 42.9 Å². The summed E-state index contributed by atoms with van der Waals surface area (Å²) in [6.07, 6.45) is 3.67. The van der Waals surface area contributed by atoms with Crippen molar-refractivity contribution in [2.75, 3.05) is 7.11 Å². The summed E-state index contributed by atoms with van der Waals surface area (Å²) in [7, 11) is -9.27. The van der Waals surface area contributed by atoms with Gasteiger partial charge in [0.1, 0.15) is 0 Å². The third-order valence-corrected chi connectivity index (χ3v) is 5.26. The monoisotopic (exact) mass is 285 g/mol. The average molecular weight is 285 g/mol. The zero-order valence-corrected chi connectivity index (χ0v) is 10.3. The maximum Gasteiger partial charge on any atom is 0.302 e. The highest BCUT2D eigenvalue weighted by Crippen LogP contribution is 2.37. The molecule has 0 spiro atoms. The van der Waals surface area contributed by atoms with Crippen LogP contribution < -0.4 is 5.73 Å². The Kier molecular flexibility index (Phi) is 3.25. The Morgan fingerprint density at radius 3 is 1.82 bits per heavy atom. The first kappa shape index (κ1) is 14.3. The lowest BCUT2D eigenvalue weighted by atomic mass is 10.1. The van der Waals surface area contributed by atoms with Gasteiger partial charge in [0.25, 0.3) is 15.1 Å². The third kappa shape index (κ3) is 1.82. The number of hydrogen-bond acceptors (Lipinski definition) is 6. The van der Waals surface area contributed by atoms with Crippen molar-refractivity contribution >= 4 is 20.2 Å². The van der Waals surface area contributed by atoms with Crippen molar-refractivity contribution < 1.29 is 30.7 Å². The lowest BCUT2D eigenvalue weighted by Gasteiger charge is -2.39. The van der Waals surface area contributed by atoms with E-state index >= 15 is 0 Å². The fourth-order valence-electron chi connectivity index (χ4n) is 1.51. The predicted molar refractivity (Wildman–Crippen MR) is 58.0 cm³/mol. The molecule has 8 nitrogen and oxygen atoms in total. The van der Waals surface area contributed by atoms with Crippen LogP contribution in [0.25, 0.3) is 0 Å². The molecule has 0 aromatic rings. The number of rotatable bonds is 3. The minimum atomic E-state index is -5.05. The Labute approximate surface area is 98.3 Å². The fourth-order valence-corrected chi connectivity index (χ4v) is 3.84. The standard InChI is InChI=1S/C7H11NO7S2/c1-15-7(17(12,13)14)5-3-2-4-6(7,8)16(9,10)11/h2-5H,8H2,1H3,(H,9,10,11)(H,12,13,14). The van der Waals surface area contributed by atoms with E-state index < -0.39 is 30.0 Å². The van der Waals surface area contributed by atoms with Gasteiger partial charge in [0.15, 0.2) is 0 Å². The van der Waals surface area contributed by atoms with Gasteiger partial charge in [-0.25, -0.2) is 0 Å². The minimum absolute atomic E-state index is 0.708. The molecule has 0 aliphatic heterocycles. The third-order valence-electron chi connectivity index (χ3n) is 2.43. The SMILES string of the molecule is COC1(S(=O)(=O)O)C=CC=CC1(N)S(=O)(=O)O. The van der Waals surface area contributed by atoms with Crippen molar-refractivity contribution in [3.8, 4) is 0 Å². The summed E-state index contributed by atoms with van der Waals surface area (Å²) in [6, 6.07) is 0. The molecule has 0 heterocycles. The topological polar surface area (TPSA) is 144 Å². The van der Waals surface area contributed by atoms with Gasteiger partial charge in [0.05, 0.1) is 0 Å². The Hall–Kier alpha value is -0.780. The van der Waals surface area contributed by atoms with E-state index in [0.717, 1.165) is 25.3 Å². The number of ether oxygens (including phenoxy) is 1. The van der Waals surface area contributed by atoms with E-state index in [9.17, 15) is 16.8 Å². The number of hydrogen-bond donors (Lipinski definition) is 3. The van der Waals surface area contributed by atoms with E-state index in [1.165, 1.54) is 0 Å². The molecule has 0 aromatic heterocycles. The molecule has 17 heavy (non-hydrogen) atoms. The normalized spacial score (nSPS) is 33.9. The zero-order valence-electron chi connectivity index (χ0n) is 8.64. The van der Waals surface area contributed by atoms with Gasteiger partial charge in [-0.3, -0.25) is 9.11 Å². The second kappa shape index (κ2) is 3.86. The highest BCUT2D eigenvalue weighted by atomic mass is 32.2. The molecule has 0 radical (unpaired) electrons. The Bertz CT molecular complexity index is 575. The van der Waals surface area contributed by atoms with Crippen molar-refractivity contribution in [2.45, 2.75) is 9.80 Å². The van der Waals surface area contributed by atoms with Crippen LogP contribution in [0, 0.1) is 0 Å². The van der Waals surface area contributed by atoms with Gasteiger partial charge in [-0.05, 0) is 12.2 Å². The first-order valence-corrected chi connectivity index (χ1v) is 7.05. The maximum absolute atomic E-state index is 11.3. The van der Waals surface area contributed by atoms with Crippen LogP contribution in [-0.2, 0) is 25.0 Å². The molecule has 10 heteroatoms. The Morgan fingerprint density at radius 2 is 1.53 bits per heavy atom. The molecule has 0 saturated heterocycles. The van der Waals surface area contributed by atoms with Crippen LogP contribution in [0.15, 0.2) is 24.3 Å². The summed E-state index contributed by atoms with van der Waals surface area (Å²) in [5, 5.41) is 0. The Morgan fingerprint density at radius 1 is 1.06 bits per heavy atom. The van der Waals surface area contributed by atoms with Gasteiger partial charge in [-0.2, -0.15) is 16.8 Å². The fraction of sp³-hybridized carbons (Fsp3) is 0.429. The summed E-state index contributed by atoms with van der Waals surface area (Å²) in [6.45, 7) is 0. The van der Waals surface area contributed by atoms with E-state index in [4.69, 9.17) is 14.8 Å². The molecule has 2 atom stereocenters. The van der Waals surface area contributed by atoms with Crippen molar-refractivity contribution in [3.05, 3.63) is 24.3 Å². The van der Waals surface area contributed by atoms with Crippen LogP contribution in [0.5, 0.6) is 0 Å². The van der Waals surface area contributed by atoms with Gasteiger partial charge in [-0.15, -0.1) is 0 Å². The smallest absolute Gasteiger partial charge is 0.302 e. The summed E-state index contributed by atoms with van der Waals surface area (Å²) in [5.41, 5.74) is 5.37. The highest BCUT2D eigenvalue weighted by Gasteiger charge is 2.64. The molecule has 98 valence electrons. The quantitative estimate of drug-likeness (QED) is 0.553. The lowest BCUT2D eigenvalue weighted by molar-refractivity contribution is 0.0665. The van der Waals surface area contributed by atoms with E-state index in [0.29, 0.717) is 6.08 Å². The first-order valence-electron chi connectivity index (χ1n) is 4.17. The van der Waals surface area contributed by atoms with Crippen LogP contribution in [0.4, 0.5) is 0 Å². The second-order valence-electron chi connectivity index (χ2n) is 3.33. The molecular weight excluding hydrogens is 274 g/mol. The second-order valence-corrected chi connectivity index (χ2v) is 6.52. The lowest BCUT2D eigenvalue weighted by Crippen LogP contribution is -2.67. The van der Waals surface area contributed by atoms with Gasteiger partial charge in [-0.1, -0.05) is 12.2 Å². The average Bonchev–Trinajstić information content (AvgIpc) is 2.15. The van der Waals surface area contributed by atoms with Crippen LogP contribution >= 0.6 is 0 Å². The van der Waals surface area contributed by atoms with Crippen LogP contribution in [0.3, 0.4) is 0 Å². The number of allylic oxidation sites excluding steroid dienone is 2. The molecule has 4 N–H and O–H groups in total.